The van der Waals surface area contributed by atoms with E-state index in [1.54, 1.807) is 0 Å². The van der Waals surface area contributed by atoms with E-state index in [2.05, 4.69) is 4.90 Å². The highest BCUT2D eigenvalue weighted by Gasteiger charge is 2.32. The number of nitrogens with zero attached hydrogens (tertiary/aromatic N) is 1. The lowest BCUT2D eigenvalue weighted by Crippen LogP contribution is -2.39. The summed E-state index contributed by atoms with van der Waals surface area (Å²) in [5, 5.41) is 8.97. The molecule has 0 aromatic carbocycles. The van der Waals surface area contributed by atoms with Gasteiger partial charge < -0.3 is 5.11 Å². The van der Waals surface area contributed by atoms with Gasteiger partial charge in [-0.15, -0.1) is 0 Å². The van der Waals surface area contributed by atoms with Crippen LogP contribution in [0.4, 0.5) is 0 Å². The first kappa shape index (κ1) is 6.62. The molecule has 2 nitrogen and oxygen atoms in total. The number of rotatable bonds is 1. The van der Waals surface area contributed by atoms with Gasteiger partial charge in [-0.3, -0.25) is 4.90 Å². The van der Waals surface area contributed by atoms with Crippen molar-refractivity contribution in [1.82, 2.24) is 4.90 Å². The molecular formula is C8H15NO. The molecule has 0 aromatic heterocycles. The van der Waals surface area contributed by atoms with Gasteiger partial charge in [0.15, 0.2) is 0 Å². The van der Waals surface area contributed by atoms with E-state index in [0.717, 1.165) is 5.92 Å². The normalized spacial score (nSPS) is 45.9. The van der Waals surface area contributed by atoms with Crippen LogP contribution < -0.4 is 0 Å². The van der Waals surface area contributed by atoms with Gasteiger partial charge in [-0.1, -0.05) is 0 Å². The minimum absolute atomic E-state index is 0.368. The van der Waals surface area contributed by atoms with E-state index in [1.807, 2.05) is 0 Å². The fourth-order valence-corrected chi connectivity index (χ4v) is 2.25. The van der Waals surface area contributed by atoms with Gasteiger partial charge in [-0.2, -0.15) is 0 Å². The largest absolute Gasteiger partial charge is 0.395 e. The molecule has 2 heterocycles. The van der Waals surface area contributed by atoms with Gasteiger partial charge in [0.25, 0.3) is 0 Å². The molecule has 1 N–H and O–H groups in total. The highest BCUT2D eigenvalue weighted by atomic mass is 16.3. The van der Waals surface area contributed by atoms with Crippen molar-refractivity contribution in [2.24, 2.45) is 5.92 Å². The lowest BCUT2D eigenvalue weighted by atomic mass is 9.97. The summed E-state index contributed by atoms with van der Waals surface area (Å²) < 4.78 is 0. The standard InChI is InChI=1S/C8H15NO/c10-6-8-2-1-7-3-4-9(8)5-7/h7-8,10H,1-6H2. The molecule has 2 aliphatic rings. The molecule has 3 unspecified atom stereocenters. The molecule has 2 fully saturated rings. The molecule has 58 valence electrons. The van der Waals surface area contributed by atoms with Crippen molar-refractivity contribution in [1.29, 1.82) is 0 Å². The quantitative estimate of drug-likeness (QED) is 0.573. The fourth-order valence-electron chi connectivity index (χ4n) is 2.25. The molecule has 0 amide bonds. The summed E-state index contributed by atoms with van der Waals surface area (Å²) in [6.07, 6.45) is 3.94. The third kappa shape index (κ3) is 0.956. The summed E-state index contributed by atoms with van der Waals surface area (Å²) in [4.78, 5) is 2.44. The average molecular weight is 141 g/mol. The minimum Gasteiger partial charge on any atom is -0.395 e. The molecule has 0 aliphatic carbocycles. The van der Waals surface area contributed by atoms with Gasteiger partial charge in [0.1, 0.15) is 0 Å². The van der Waals surface area contributed by atoms with Crippen LogP contribution in [-0.2, 0) is 0 Å². The van der Waals surface area contributed by atoms with Crippen LogP contribution in [0.1, 0.15) is 19.3 Å². The zero-order valence-corrected chi connectivity index (χ0v) is 6.29. The molecule has 2 heteroatoms. The van der Waals surface area contributed by atoms with E-state index < -0.39 is 0 Å². The van der Waals surface area contributed by atoms with Gasteiger partial charge in [0.05, 0.1) is 6.61 Å². The highest BCUT2D eigenvalue weighted by Crippen LogP contribution is 2.30. The SMILES string of the molecule is OCC1CCC2CCN1C2. The van der Waals surface area contributed by atoms with E-state index in [1.165, 1.54) is 32.4 Å². The van der Waals surface area contributed by atoms with Gasteiger partial charge in [-0.25, -0.2) is 0 Å². The topological polar surface area (TPSA) is 23.5 Å². The Kier molecular flexibility index (Phi) is 1.66. The van der Waals surface area contributed by atoms with Crippen LogP contribution in [0, 0.1) is 5.92 Å². The zero-order valence-electron chi connectivity index (χ0n) is 6.29. The molecule has 0 spiro atoms. The van der Waals surface area contributed by atoms with Gasteiger partial charge in [0.2, 0.25) is 0 Å². The summed E-state index contributed by atoms with van der Waals surface area (Å²) in [7, 11) is 0. The van der Waals surface area contributed by atoms with E-state index in [4.69, 9.17) is 5.11 Å². The molecule has 2 bridgehead atoms. The van der Waals surface area contributed by atoms with Gasteiger partial charge in [-0.05, 0) is 31.7 Å². The molecule has 0 aromatic rings. The Morgan fingerprint density at radius 1 is 1.30 bits per heavy atom. The van der Waals surface area contributed by atoms with E-state index >= 15 is 0 Å². The third-order valence-corrected chi connectivity index (χ3v) is 2.95. The molecule has 0 radical (unpaired) electrons. The Balaban J connectivity index is 2.00. The summed E-state index contributed by atoms with van der Waals surface area (Å²) in [6.45, 7) is 2.86. The lowest BCUT2D eigenvalue weighted by Gasteiger charge is -2.30. The Morgan fingerprint density at radius 3 is 3.00 bits per heavy atom. The molecule has 3 atom stereocenters. The van der Waals surface area contributed by atoms with Crippen LogP contribution in [0.15, 0.2) is 0 Å². The number of fused-ring (bicyclic) bond motifs is 2. The third-order valence-electron chi connectivity index (χ3n) is 2.95. The Morgan fingerprint density at radius 2 is 2.20 bits per heavy atom. The zero-order chi connectivity index (χ0) is 6.97. The second kappa shape index (κ2) is 2.51. The summed E-state index contributed by atoms with van der Waals surface area (Å²) in [5.74, 6) is 0.961. The van der Waals surface area contributed by atoms with Crippen LogP contribution in [0.5, 0.6) is 0 Å². The van der Waals surface area contributed by atoms with Crippen LogP contribution >= 0.6 is 0 Å². The molecule has 2 saturated heterocycles. The monoisotopic (exact) mass is 141 g/mol. The first-order valence-electron chi connectivity index (χ1n) is 4.25. The van der Waals surface area contributed by atoms with E-state index in [-0.39, 0.29) is 0 Å². The maximum atomic E-state index is 8.97. The van der Waals surface area contributed by atoms with Gasteiger partial charge >= 0.3 is 0 Å². The number of aliphatic hydroxyl groups excluding tert-OH is 1. The Labute approximate surface area is 61.8 Å². The Bertz CT molecular complexity index is 126. The van der Waals surface area contributed by atoms with E-state index in [9.17, 15) is 0 Å². The molecule has 10 heavy (non-hydrogen) atoms. The van der Waals surface area contributed by atoms with Crippen molar-refractivity contribution in [3.05, 3.63) is 0 Å². The van der Waals surface area contributed by atoms with Crippen LogP contribution in [-0.4, -0.2) is 35.7 Å². The van der Waals surface area contributed by atoms with Crippen molar-refractivity contribution < 1.29 is 5.11 Å². The minimum atomic E-state index is 0.368. The highest BCUT2D eigenvalue weighted by molar-refractivity contribution is 4.86. The molecule has 0 saturated carbocycles. The van der Waals surface area contributed by atoms with Crippen LogP contribution in [0.3, 0.4) is 0 Å². The van der Waals surface area contributed by atoms with E-state index in [0.29, 0.717) is 12.6 Å². The molecule has 2 rings (SSSR count). The molecular weight excluding hydrogens is 126 g/mol. The maximum Gasteiger partial charge on any atom is 0.0586 e. The second-order valence-electron chi connectivity index (χ2n) is 3.56. The van der Waals surface area contributed by atoms with Crippen molar-refractivity contribution >= 4 is 0 Å². The summed E-state index contributed by atoms with van der Waals surface area (Å²) in [5.41, 5.74) is 0. The smallest absolute Gasteiger partial charge is 0.0586 e. The predicted octanol–water partition coefficient (Wildman–Crippen LogP) is 0.463. The predicted molar refractivity (Wildman–Crippen MR) is 39.8 cm³/mol. The van der Waals surface area contributed by atoms with Crippen molar-refractivity contribution in [2.45, 2.75) is 25.3 Å². The first-order valence-corrected chi connectivity index (χ1v) is 4.25. The maximum absolute atomic E-state index is 8.97. The Hall–Kier alpha value is -0.0800. The summed E-state index contributed by atoms with van der Waals surface area (Å²) in [6, 6.07) is 0.499. The number of aliphatic hydroxyl groups is 1. The van der Waals surface area contributed by atoms with Crippen molar-refractivity contribution in [3.63, 3.8) is 0 Å². The second-order valence-corrected chi connectivity index (χ2v) is 3.56. The number of hydrogen-bond donors (Lipinski definition) is 1. The van der Waals surface area contributed by atoms with Crippen molar-refractivity contribution in [3.8, 4) is 0 Å². The number of piperidine rings is 1. The number of hydrogen-bond acceptors (Lipinski definition) is 2. The van der Waals surface area contributed by atoms with Crippen molar-refractivity contribution in [2.75, 3.05) is 19.7 Å². The molecule has 2 aliphatic heterocycles. The van der Waals surface area contributed by atoms with Gasteiger partial charge in [0, 0.05) is 12.6 Å². The average Bonchev–Trinajstić information content (AvgIpc) is 2.34. The lowest BCUT2D eigenvalue weighted by molar-refractivity contribution is 0.111. The summed E-state index contributed by atoms with van der Waals surface area (Å²) >= 11 is 0. The fraction of sp³-hybridized carbons (Fsp3) is 1.00. The van der Waals surface area contributed by atoms with Crippen LogP contribution in [0.2, 0.25) is 0 Å². The van der Waals surface area contributed by atoms with Crippen LogP contribution in [0.25, 0.3) is 0 Å². The first-order chi connectivity index (χ1) is 4.90.